The minimum Gasteiger partial charge on any atom is -0.383 e. The fourth-order valence-electron chi connectivity index (χ4n) is 1.75. The monoisotopic (exact) mass is 281 g/mol. The zero-order valence-corrected chi connectivity index (χ0v) is 11.6. The minimum atomic E-state index is 0.143. The zero-order chi connectivity index (χ0) is 13.7. The largest absolute Gasteiger partial charge is 0.383 e. The Labute approximate surface area is 116 Å². The van der Waals surface area contributed by atoms with Crippen molar-refractivity contribution in [3.63, 3.8) is 0 Å². The maximum Gasteiger partial charge on any atom is 0.228 e. The number of benzene rings is 1. The van der Waals surface area contributed by atoms with Crippen LogP contribution in [0.5, 0.6) is 0 Å². The zero-order valence-electron chi connectivity index (χ0n) is 10.9. The molecule has 1 aromatic heterocycles. The van der Waals surface area contributed by atoms with Crippen LogP contribution in [0.25, 0.3) is 11.4 Å². The second kappa shape index (κ2) is 6.65. The first-order valence-electron chi connectivity index (χ1n) is 5.98. The Balaban J connectivity index is 2.13. The summed E-state index contributed by atoms with van der Waals surface area (Å²) < 4.78 is 10.3. The first-order valence-corrected chi connectivity index (χ1v) is 6.36. The summed E-state index contributed by atoms with van der Waals surface area (Å²) in [6.45, 7) is 0.584. The molecule has 0 spiro atoms. The van der Waals surface area contributed by atoms with Crippen molar-refractivity contribution in [2.75, 3.05) is 20.8 Å². The fourth-order valence-corrected chi connectivity index (χ4v) is 1.97. The number of hydrogen-bond acceptors (Lipinski definition) is 5. The van der Waals surface area contributed by atoms with Crippen molar-refractivity contribution in [1.82, 2.24) is 15.5 Å². The summed E-state index contributed by atoms with van der Waals surface area (Å²) in [5.41, 5.74) is 0.770. The van der Waals surface area contributed by atoms with E-state index in [-0.39, 0.29) is 6.04 Å². The molecule has 2 aromatic rings. The minimum absolute atomic E-state index is 0.143. The van der Waals surface area contributed by atoms with Gasteiger partial charge in [-0.25, -0.2) is 0 Å². The normalized spacial score (nSPS) is 12.6. The molecule has 1 heterocycles. The molecule has 0 aliphatic carbocycles. The predicted molar refractivity (Wildman–Crippen MR) is 73.2 cm³/mol. The van der Waals surface area contributed by atoms with Crippen molar-refractivity contribution in [3.8, 4) is 11.4 Å². The second-order valence-corrected chi connectivity index (χ2v) is 4.54. The summed E-state index contributed by atoms with van der Waals surface area (Å²) in [4.78, 5) is 4.35. The van der Waals surface area contributed by atoms with Gasteiger partial charge in [0.2, 0.25) is 11.7 Å². The molecular weight excluding hydrogens is 266 g/mol. The van der Waals surface area contributed by atoms with Crippen molar-refractivity contribution in [2.24, 2.45) is 0 Å². The molecule has 102 valence electrons. The van der Waals surface area contributed by atoms with Gasteiger partial charge in [0.1, 0.15) is 0 Å². The molecule has 0 saturated heterocycles. The van der Waals surface area contributed by atoms with Gasteiger partial charge < -0.3 is 14.6 Å². The maximum absolute atomic E-state index is 6.10. The Morgan fingerprint density at radius 2 is 2.21 bits per heavy atom. The van der Waals surface area contributed by atoms with Gasteiger partial charge in [-0.1, -0.05) is 28.9 Å². The van der Waals surface area contributed by atoms with Crippen LogP contribution in [-0.4, -0.2) is 36.9 Å². The molecule has 1 aromatic carbocycles. The maximum atomic E-state index is 6.10. The number of nitrogens with zero attached hydrogens (tertiary/aromatic N) is 2. The van der Waals surface area contributed by atoms with Crippen LogP contribution >= 0.6 is 11.6 Å². The highest BCUT2D eigenvalue weighted by molar-refractivity contribution is 6.33. The molecule has 0 aliphatic heterocycles. The van der Waals surface area contributed by atoms with Gasteiger partial charge in [0.15, 0.2) is 0 Å². The van der Waals surface area contributed by atoms with Gasteiger partial charge in [-0.2, -0.15) is 4.98 Å². The van der Waals surface area contributed by atoms with Gasteiger partial charge in [-0.3, -0.25) is 0 Å². The van der Waals surface area contributed by atoms with Crippen LogP contribution in [0.15, 0.2) is 28.8 Å². The second-order valence-electron chi connectivity index (χ2n) is 4.14. The summed E-state index contributed by atoms with van der Waals surface area (Å²) in [7, 11) is 3.53. The highest BCUT2D eigenvalue weighted by atomic mass is 35.5. The quantitative estimate of drug-likeness (QED) is 0.879. The molecule has 1 atom stereocenters. The molecule has 6 heteroatoms. The molecule has 0 fully saturated rings. The number of hydrogen-bond donors (Lipinski definition) is 1. The van der Waals surface area contributed by atoms with Gasteiger partial charge in [-0.05, 0) is 19.2 Å². The SMILES string of the molecule is CNC(COC)Cc1nc(-c2ccccc2Cl)no1. The molecule has 2 rings (SSSR count). The van der Waals surface area contributed by atoms with E-state index in [4.69, 9.17) is 20.9 Å². The van der Waals surface area contributed by atoms with E-state index in [0.29, 0.717) is 29.8 Å². The molecule has 0 saturated carbocycles. The summed E-state index contributed by atoms with van der Waals surface area (Å²) in [6.07, 6.45) is 0.613. The third-order valence-corrected chi connectivity index (χ3v) is 3.11. The van der Waals surface area contributed by atoms with Gasteiger partial charge in [0.05, 0.1) is 11.6 Å². The topological polar surface area (TPSA) is 60.2 Å². The summed E-state index contributed by atoms with van der Waals surface area (Å²) in [5.74, 6) is 1.07. The Hall–Kier alpha value is -1.43. The molecule has 1 N–H and O–H groups in total. The van der Waals surface area contributed by atoms with Gasteiger partial charge in [0.25, 0.3) is 0 Å². The summed E-state index contributed by atoms with van der Waals surface area (Å²) >= 11 is 6.10. The summed E-state index contributed by atoms with van der Waals surface area (Å²) in [6, 6.07) is 7.56. The smallest absolute Gasteiger partial charge is 0.228 e. The number of methoxy groups -OCH3 is 1. The van der Waals surface area contributed by atoms with Crippen LogP contribution in [0.2, 0.25) is 5.02 Å². The van der Waals surface area contributed by atoms with E-state index in [1.807, 2.05) is 25.2 Å². The van der Waals surface area contributed by atoms with Crippen LogP contribution in [0.3, 0.4) is 0 Å². The first kappa shape index (κ1) is 14.0. The van der Waals surface area contributed by atoms with E-state index in [1.54, 1.807) is 13.2 Å². The van der Waals surface area contributed by atoms with Crippen LogP contribution < -0.4 is 5.32 Å². The molecule has 19 heavy (non-hydrogen) atoms. The Morgan fingerprint density at radius 3 is 2.89 bits per heavy atom. The third-order valence-electron chi connectivity index (χ3n) is 2.78. The predicted octanol–water partition coefficient (Wildman–Crippen LogP) is 2.17. The fraction of sp³-hybridized carbons (Fsp3) is 0.385. The van der Waals surface area contributed by atoms with Crippen molar-refractivity contribution >= 4 is 11.6 Å². The Morgan fingerprint density at radius 1 is 1.42 bits per heavy atom. The standard InChI is InChI=1S/C13H16ClN3O2/c1-15-9(8-18-2)7-12-16-13(17-19-12)10-5-3-4-6-11(10)14/h3-6,9,15H,7-8H2,1-2H3. The van der Waals surface area contributed by atoms with E-state index in [1.165, 1.54) is 0 Å². The van der Waals surface area contributed by atoms with Gasteiger partial charge in [0, 0.05) is 25.1 Å². The lowest BCUT2D eigenvalue weighted by atomic mass is 10.2. The molecule has 0 aliphatic rings. The molecular formula is C13H16ClN3O2. The average molecular weight is 282 g/mol. The van der Waals surface area contributed by atoms with E-state index in [2.05, 4.69) is 15.5 Å². The lowest BCUT2D eigenvalue weighted by Gasteiger charge is -2.11. The molecule has 0 bridgehead atoms. The highest BCUT2D eigenvalue weighted by Crippen LogP contribution is 2.24. The lowest BCUT2D eigenvalue weighted by Crippen LogP contribution is -2.32. The average Bonchev–Trinajstić information content (AvgIpc) is 2.87. The van der Waals surface area contributed by atoms with Crippen molar-refractivity contribution in [2.45, 2.75) is 12.5 Å². The van der Waals surface area contributed by atoms with E-state index < -0.39 is 0 Å². The Kier molecular flexibility index (Phi) is 4.90. The van der Waals surface area contributed by atoms with Crippen LogP contribution in [0.1, 0.15) is 5.89 Å². The summed E-state index contributed by atoms with van der Waals surface area (Å²) in [5, 5.41) is 7.70. The molecule has 5 nitrogen and oxygen atoms in total. The first-order chi connectivity index (χ1) is 9.24. The number of likely N-dealkylation sites (N-methyl/N-ethyl adjacent to an activating group) is 1. The van der Waals surface area contributed by atoms with Crippen LogP contribution in [-0.2, 0) is 11.2 Å². The number of ether oxygens (including phenoxy) is 1. The van der Waals surface area contributed by atoms with Crippen LogP contribution in [0.4, 0.5) is 0 Å². The van der Waals surface area contributed by atoms with E-state index in [0.717, 1.165) is 5.56 Å². The number of halogens is 1. The van der Waals surface area contributed by atoms with Crippen molar-refractivity contribution in [1.29, 1.82) is 0 Å². The molecule has 1 unspecified atom stereocenters. The van der Waals surface area contributed by atoms with Crippen LogP contribution in [0, 0.1) is 0 Å². The lowest BCUT2D eigenvalue weighted by molar-refractivity contribution is 0.165. The number of aromatic nitrogens is 2. The number of rotatable bonds is 6. The van der Waals surface area contributed by atoms with Crippen molar-refractivity contribution in [3.05, 3.63) is 35.2 Å². The van der Waals surface area contributed by atoms with E-state index >= 15 is 0 Å². The van der Waals surface area contributed by atoms with Gasteiger partial charge >= 0.3 is 0 Å². The van der Waals surface area contributed by atoms with Gasteiger partial charge in [-0.15, -0.1) is 0 Å². The third kappa shape index (κ3) is 3.53. The molecule has 0 amide bonds. The van der Waals surface area contributed by atoms with Crippen molar-refractivity contribution < 1.29 is 9.26 Å². The number of nitrogens with one attached hydrogen (secondary N) is 1. The Bertz CT molecular complexity index is 530. The molecule has 0 radical (unpaired) electrons. The van der Waals surface area contributed by atoms with E-state index in [9.17, 15) is 0 Å². The highest BCUT2D eigenvalue weighted by Gasteiger charge is 2.15.